The highest BCUT2D eigenvalue weighted by molar-refractivity contribution is 6.07. The van der Waals surface area contributed by atoms with Crippen LogP contribution in [0.4, 0.5) is 17.1 Å². The fourth-order valence-corrected chi connectivity index (χ4v) is 6.04. The number of rotatable bonds is 6. The average Bonchev–Trinajstić information content (AvgIpc) is 3.48. The molecule has 2 aromatic heterocycles. The molecular formula is C41H28N2O. The molecule has 3 nitrogen and oxygen atoms in total. The molecule has 0 saturated heterocycles. The van der Waals surface area contributed by atoms with Crippen molar-refractivity contribution in [2.45, 2.75) is 0 Å². The third-order valence-electron chi connectivity index (χ3n) is 8.13. The van der Waals surface area contributed by atoms with Crippen LogP contribution in [0.1, 0.15) is 0 Å². The highest BCUT2D eigenvalue weighted by Crippen LogP contribution is 2.47. The Hall–Kier alpha value is -5.93. The van der Waals surface area contributed by atoms with Gasteiger partial charge in [-0.15, -0.1) is 0 Å². The Morgan fingerprint density at radius 3 is 1.64 bits per heavy atom. The molecule has 0 atom stereocenters. The maximum absolute atomic E-state index is 6.38. The van der Waals surface area contributed by atoms with Gasteiger partial charge in [-0.25, -0.2) is 0 Å². The fraction of sp³-hybridized carbons (Fsp3) is 0. The predicted octanol–water partition coefficient (Wildman–Crippen LogP) is 11.5. The molecule has 0 bridgehead atoms. The molecule has 0 aliphatic rings. The van der Waals surface area contributed by atoms with Gasteiger partial charge in [0.1, 0.15) is 11.2 Å². The molecule has 0 saturated carbocycles. The van der Waals surface area contributed by atoms with Gasteiger partial charge in [0.05, 0.1) is 23.3 Å². The summed E-state index contributed by atoms with van der Waals surface area (Å²) in [5.74, 6) is 0. The molecule has 0 spiro atoms. The van der Waals surface area contributed by atoms with E-state index in [0.29, 0.717) is 0 Å². The van der Waals surface area contributed by atoms with Crippen molar-refractivity contribution >= 4 is 39.0 Å². The molecule has 2 heterocycles. The van der Waals surface area contributed by atoms with Crippen LogP contribution in [-0.2, 0) is 0 Å². The van der Waals surface area contributed by atoms with Crippen LogP contribution in [0.15, 0.2) is 174 Å². The topological polar surface area (TPSA) is 29.3 Å². The summed E-state index contributed by atoms with van der Waals surface area (Å²) in [5.41, 5.74) is 11.3. The maximum atomic E-state index is 6.38. The van der Waals surface area contributed by atoms with Gasteiger partial charge in [0, 0.05) is 39.2 Å². The SMILES string of the molecule is c1ccc(-c2ccc(N(c3ccc4c(c3)oc3ccccc34)c3c(-c4ccccc4)cccc3-c3ccccc3)cn2)cc1. The molecule has 0 N–H and O–H groups in total. The van der Waals surface area contributed by atoms with Crippen LogP contribution in [0.5, 0.6) is 0 Å². The van der Waals surface area contributed by atoms with E-state index in [4.69, 9.17) is 9.40 Å². The van der Waals surface area contributed by atoms with Crippen LogP contribution in [0.2, 0.25) is 0 Å². The lowest BCUT2D eigenvalue weighted by atomic mass is 9.94. The smallest absolute Gasteiger partial charge is 0.137 e. The van der Waals surface area contributed by atoms with Gasteiger partial charge in [0.15, 0.2) is 0 Å². The fourth-order valence-electron chi connectivity index (χ4n) is 6.04. The molecule has 0 aliphatic carbocycles. The van der Waals surface area contributed by atoms with Crippen molar-refractivity contribution in [1.29, 1.82) is 0 Å². The van der Waals surface area contributed by atoms with Crippen molar-refractivity contribution in [2.24, 2.45) is 0 Å². The Kier molecular flexibility index (Phi) is 6.47. The number of nitrogens with zero attached hydrogens (tertiary/aromatic N) is 2. The molecule has 6 aromatic carbocycles. The number of anilines is 3. The zero-order chi connectivity index (χ0) is 29.3. The van der Waals surface area contributed by atoms with Crippen LogP contribution in [-0.4, -0.2) is 4.98 Å². The van der Waals surface area contributed by atoms with Crippen LogP contribution >= 0.6 is 0 Å². The molecule has 8 rings (SSSR count). The Labute approximate surface area is 256 Å². The first-order chi connectivity index (χ1) is 21.8. The number of pyridine rings is 1. The first kappa shape index (κ1) is 25.8. The summed E-state index contributed by atoms with van der Waals surface area (Å²) in [4.78, 5) is 7.28. The summed E-state index contributed by atoms with van der Waals surface area (Å²) in [7, 11) is 0. The second-order valence-electron chi connectivity index (χ2n) is 10.8. The number of aromatic nitrogens is 1. The van der Waals surface area contributed by atoms with Gasteiger partial charge in [0.2, 0.25) is 0 Å². The summed E-state index contributed by atoms with van der Waals surface area (Å²) in [6, 6.07) is 57.0. The van der Waals surface area contributed by atoms with E-state index in [-0.39, 0.29) is 0 Å². The quantitative estimate of drug-likeness (QED) is 0.201. The van der Waals surface area contributed by atoms with Gasteiger partial charge in [0.25, 0.3) is 0 Å². The third-order valence-corrected chi connectivity index (χ3v) is 8.13. The van der Waals surface area contributed by atoms with Crippen LogP contribution in [0, 0.1) is 0 Å². The van der Waals surface area contributed by atoms with Crippen molar-refractivity contribution in [3.05, 3.63) is 170 Å². The Balaban J connectivity index is 1.40. The first-order valence-corrected chi connectivity index (χ1v) is 14.8. The van der Waals surface area contributed by atoms with Crippen LogP contribution in [0.25, 0.3) is 55.4 Å². The number of para-hydroxylation sites is 2. The van der Waals surface area contributed by atoms with Crippen molar-refractivity contribution in [3.8, 4) is 33.5 Å². The molecule has 0 amide bonds. The minimum absolute atomic E-state index is 0.848. The van der Waals surface area contributed by atoms with Crippen LogP contribution < -0.4 is 4.90 Å². The van der Waals surface area contributed by atoms with Crippen molar-refractivity contribution in [1.82, 2.24) is 4.98 Å². The van der Waals surface area contributed by atoms with E-state index in [9.17, 15) is 0 Å². The summed E-state index contributed by atoms with van der Waals surface area (Å²) in [5, 5.41) is 2.21. The number of furan rings is 1. The highest BCUT2D eigenvalue weighted by Gasteiger charge is 2.23. The Morgan fingerprint density at radius 2 is 1.00 bits per heavy atom. The second kappa shape index (κ2) is 11.0. The van der Waals surface area contributed by atoms with Crippen LogP contribution in [0.3, 0.4) is 0 Å². The lowest BCUT2D eigenvalue weighted by Gasteiger charge is -2.30. The molecule has 0 unspecified atom stereocenters. The van der Waals surface area contributed by atoms with E-state index in [1.807, 2.05) is 36.5 Å². The van der Waals surface area contributed by atoms with Crippen molar-refractivity contribution in [3.63, 3.8) is 0 Å². The van der Waals surface area contributed by atoms with Crippen molar-refractivity contribution in [2.75, 3.05) is 4.90 Å². The van der Waals surface area contributed by atoms with E-state index in [1.165, 1.54) is 0 Å². The number of benzene rings is 6. The molecule has 8 aromatic rings. The highest BCUT2D eigenvalue weighted by atomic mass is 16.3. The zero-order valence-electron chi connectivity index (χ0n) is 24.0. The van der Waals surface area contributed by atoms with E-state index in [2.05, 4.69) is 138 Å². The summed E-state index contributed by atoms with van der Waals surface area (Å²) in [6.45, 7) is 0. The molecule has 208 valence electrons. The second-order valence-corrected chi connectivity index (χ2v) is 10.8. The van der Waals surface area contributed by atoms with Gasteiger partial charge in [-0.1, -0.05) is 127 Å². The first-order valence-electron chi connectivity index (χ1n) is 14.8. The van der Waals surface area contributed by atoms with Gasteiger partial charge >= 0.3 is 0 Å². The monoisotopic (exact) mass is 564 g/mol. The normalized spacial score (nSPS) is 11.2. The lowest BCUT2D eigenvalue weighted by molar-refractivity contribution is 0.669. The molecule has 0 aliphatic heterocycles. The Morgan fingerprint density at radius 1 is 0.432 bits per heavy atom. The largest absolute Gasteiger partial charge is 0.456 e. The van der Waals surface area contributed by atoms with Gasteiger partial charge < -0.3 is 9.32 Å². The van der Waals surface area contributed by atoms with Gasteiger partial charge in [-0.05, 0) is 41.5 Å². The minimum atomic E-state index is 0.848. The summed E-state index contributed by atoms with van der Waals surface area (Å²) in [6.07, 6.45) is 1.97. The molecular weight excluding hydrogens is 536 g/mol. The third kappa shape index (κ3) is 4.61. The van der Waals surface area contributed by atoms with Crippen molar-refractivity contribution < 1.29 is 4.42 Å². The summed E-state index contributed by atoms with van der Waals surface area (Å²) < 4.78 is 6.38. The van der Waals surface area contributed by atoms with Gasteiger partial charge in [-0.2, -0.15) is 0 Å². The average molecular weight is 565 g/mol. The number of fused-ring (bicyclic) bond motifs is 3. The predicted molar refractivity (Wildman–Crippen MR) is 183 cm³/mol. The lowest BCUT2D eigenvalue weighted by Crippen LogP contribution is -2.13. The standard InChI is InChI=1S/C41H28N2O/c1-4-13-29(14-5-1)34-20-12-21-35(30-15-6-2-7-16-30)41(34)43(33-24-26-38(42-28-33)31-17-8-3-9-18-31)32-23-25-37-36-19-10-11-22-39(36)44-40(37)27-32/h1-28H. The molecule has 3 heteroatoms. The molecule has 0 fully saturated rings. The van der Waals surface area contributed by atoms with Gasteiger partial charge in [-0.3, -0.25) is 4.98 Å². The summed E-state index contributed by atoms with van der Waals surface area (Å²) >= 11 is 0. The number of hydrogen-bond donors (Lipinski definition) is 0. The number of hydrogen-bond acceptors (Lipinski definition) is 3. The molecule has 0 radical (unpaired) electrons. The molecule has 44 heavy (non-hydrogen) atoms. The van der Waals surface area contributed by atoms with E-state index in [1.54, 1.807) is 0 Å². The zero-order valence-corrected chi connectivity index (χ0v) is 24.0. The van der Waals surface area contributed by atoms with E-state index < -0.39 is 0 Å². The maximum Gasteiger partial charge on any atom is 0.137 e. The minimum Gasteiger partial charge on any atom is -0.456 e. The Bertz CT molecular complexity index is 2150. The van der Waals surface area contributed by atoms with E-state index in [0.717, 1.165) is 72.5 Å². The van der Waals surface area contributed by atoms with E-state index >= 15 is 0 Å².